The Morgan fingerprint density at radius 2 is 2.00 bits per heavy atom. The van der Waals surface area contributed by atoms with Crippen LogP contribution < -0.4 is 0 Å². The van der Waals surface area contributed by atoms with Gasteiger partial charge in [-0.15, -0.1) is 0 Å². The van der Waals surface area contributed by atoms with Gasteiger partial charge in [-0.2, -0.15) is 0 Å². The molecule has 2 fully saturated rings. The van der Waals surface area contributed by atoms with Gasteiger partial charge in [0.05, 0.1) is 5.69 Å². The van der Waals surface area contributed by atoms with Gasteiger partial charge in [0.25, 0.3) is 0 Å². The molecule has 0 spiro atoms. The molecule has 126 valence electrons. The molecule has 2 unspecified atom stereocenters. The molecule has 2 bridgehead atoms. The molecule has 6 heteroatoms. The molecule has 1 aromatic heterocycles. The molecule has 5 nitrogen and oxygen atoms in total. The van der Waals surface area contributed by atoms with E-state index in [0.29, 0.717) is 18.5 Å². The van der Waals surface area contributed by atoms with Gasteiger partial charge < -0.3 is 14.7 Å². The Morgan fingerprint density at radius 3 is 2.52 bits per heavy atom. The van der Waals surface area contributed by atoms with E-state index < -0.39 is 17.0 Å². The number of carbonyl (C=O) groups excluding carboxylic acids is 1. The van der Waals surface area contributed by atoms with E-state index in [1.807, 2.05) is 20.8 Å². The third-order valence-corrected chi connectivity index (χ3v) is 4.57. The van der Waals surface area contributed by atoms with E-state index in [2.05, 4.69) is 4.98 Å². The summed E-state index contributed by atoms with van der Waals surface area (Å²) in [6, 6.07) is 2.34. The summed E-state index contributed by atoms with van der Waals surface area (Å²) >= 11 is 0. The average Bonchev–Trinajstić information content (AvgIpc) is 2.70. The zero-order chi connectivity index (χ0) is 16.8. The monoisotopic (exact) mass is 322 g/mol. The number of rotatable bonds is 1. The third kappa shape index (κ3) is 3.17. The quantitative estimate of drug-likeness (QED) is 0.863. The molecular formula is C17H23FN2O3. The largest absolute Gasteiger partial charge is 0.444 e. The van der Waals surface area contributed by atoms with E-state index in [-0.39, 0.29) is 18.2 Å². The summed E-state index contributed by atoms with van der Waals surface area (Å²) < 4.78 is 18.9. The van der Waals surface area contributed by atoms with Gasteiger partial charge in [0.1, 0.15) is 17.0 Å². The van der Waals surface area contributed by atoms with Crippen molar-refractivity contribution in [2.75, 3.05) is 0 Å². The molecule has 1 aromatic rings. The lowest BCUT2D eigenvalue weighted by molar-refractivity contribution is -0.0649. The Kier molecular flexibility index (Phi) is 3.83. The predicted octanol–water partition coefficient (Wildman–Crippen LogP) is 2.97. The number of aliphatic hydroxyl groups is 1. The van der Waals surface area contributed by atoms with Gasteiger partial charge in [0.2, 0.25) is 0 Å². The van der Waals surface area contributed by atoms with Crippen LogP contribution in [0, 0.1) is 5.82 Å². The van der Waals surface area contributed by atoms with Crippen LogP contribution in [-0.4, -0.2) is 38.8 Å². The number of aromatic nitrogens is 1. The smallest absolute Gasteiger partial charge is 0.410 e. The molecule has 1 N–H and O–H groups in total. The minimum Gasteiger partial charge on any atom is -0.444 e. The van der Waals surface area contributed by atoms with Crippen molar-refractivity contribution in [1.29, 1.82) is 0 Å². The second-order valence-corrected chi connectivity index (χ2v) is 7.57. The molecule has 2 aliphatic heterocycles. The number of ether oxygens (including phenoxy) is 1. The van der Waals surface area contributed by atoms with Crippen LogP contribution in [0.3, 0.4) is 0 Å². The molecule has 0 radical (unpaired) electrons. The molecule has 2 atom stereocenters. The van der Waals surface area contributed by atoms with Crippen LogP contribution >= 0.6 is 0 Å². The van der Waals surface area contributed by atoms with Crippen molar-refractivity contribution in [3.05, 3.63) is 29.8 Å². The van der Waals surface area contributed by atoms with Gasteiger partial charge in [0, 0.05) is 31.1 Å². The standard InChI is InChI=1S/C17H23FN2O3/c1-16(2,3)23-15(21)20-12-4-5-13(20)10-17(22,9-12)14-8-11(18)6-7-19-14/h6-8,12-13,22H,4-5,9-10H2,1-3H3. The molecule has 1 amide bonds. The number of fused-ring (bicyclic) bond motifs is 2. The fourth-order valence-corrected chi connectivity index (χ4v) is 3.71. The maximum absolute atomic E-state index is 13.5. The average molecular weight is 322 g/mol. The first-order chi connectivity index (χ1) is 10.7. The molecule has 3 heterocycles. The van der Waals surface area contributed by atoms with Gasteiger partial charge in [-0.3, -0.25) is 4.98 Å². The molecule has 0 saturated carbocycles. The van der Waals surface area contributed by atoms with E-state index in [1.54, 1.807) is 4.90 Å². The molecule has 23 heavy (non-hydrogen) atoms. The highest BCUT2D eigenvalue weighted by Gasteiger charge is 2.51. The van der Waals surface area contributed by atoms with Crippen molar-refractivity contribution < 1.29 is 19.0 Å². The number of nitrogens with zero attached hydrogens (tertiary/aromatic N) is 2. The number of amides is 1. The summed E-state index contributed by atoms with van der Waals surface area (Å²) in [6.45, 7) is 5.51. The first kappa shape index (κ1) is 16.2. The lowest BCUT2D eigenvalue weighted by Crippen LogP contribution is -2.53. The van der Waals surface area contributed by atoms with Crippen LogP contribution in [0.5, 0.6) is 0 Å². The highest BCUT2D eigenvalue weighted by molar-refractivity contribution is 5.69. The number of carbonyl (C=O) groups is 1. The van der Waals surface area contributed by atoms with E-state index in [4.69, 9.17) is 4.74 Å². The topological polar surface area (TPSA) is 62.7 Å². The number of hydrogen-bond donors (Lipinski definition) is 1. The number of piperidine rings is 1. The Balaban J connectivity index is 1.80. The summed E-state index contributed by atoms with van der Waals surface area (Å²) in [7, 11) is 0. The highest BCUT2D eigenvalue weighted by Crippen LogP contribution is 2.45. The van der Waals surface area contributed by atoms with Crippen LogP contribution in [0.4, 0.5) is 9.18 Å². The normalized spacial score (nSPS) is 30.4. The zero-order valence-corrected chi connectivity index (χ0v) is 13.8. The van der Waals surface area contributed by atoms with Crippen molar-refractivity contribution in [2.45, 2.75) is 69.7 Å². The number of halogens is 1. The maximum atomic E-state index is 13.5. The van der Waals surface area contributed by atoms with Gasteiger partial charge in [-0.1, -0.05) is 0 Å². The van der Waals surface area contributed by atoms with Crippen LogP contribution in [-0.2, 0) is 10.3 Å². The molecule has 0 aromatic carbocycles. The van der Waals surface area contributed by atoms with Crippen LogP contribution in [0.2, 0.25) is 0 Å². The van der Waals surface area contributed by atoms with Gasteiger partial charge in [-0.05, 0) is 45.7 Å². The molecule has 2 saturated heterocycles. The molecule has 2 aliphatic rings. The first-order valence-corrected chi connectivity index (χ1v) is 8.04. The number of pyridine rings is 1. The fraction of sp³-hybridized carbons (Fsp3) is 0.647. The van der Waals surface area contributed by atoms with Gasteiger partial charge >= 0.3 is 6.09 Å². The zero-order valence-electron chi connectivity index (χ0n) is 13.8. The van der Waals surface area contributed by atoms with E-state index in [9.17, 15) is 14.3 Å². The second kappa shape index (κ2) is 5.44. The lowest BCUT2D eigenvalue weighted by Gasteiger charge is -2.43. The van der Waals surface area contributed by atoms with E-state index >= 15 is 0 Å². The SMILES string of the molecule is CC(C)(C)OC(=O)N1C2CCC1CC(O)(c1cc(F)ccn1)C2. The summed E-state index contributed by atoms with van der Waals surface area (Å²) in [5.74, 6) is -0.412. The van der Waals surface area contributed by atoms with E-state index in [1.165, 1.54) is 18.3 Å². The Morgan fingerprint density at radius 1 is 1.39 bits per heavy atom. The van der Waals surface area contributed by atoms with Crippen molar-refractivity contribution in [3.63, 3.8) is 0 Å². The number of hydrogen-bond acceptors (Lipinski definition) is 4. The highest BCUT2D eigenvalue weighted by atomic mass is 19.1. The fourth-order valence-electron chi connectivity index (χ4n) is 3.71. The van der Waals surface area contributed by atoms with Gasteiger partial charge in [-0.25, -0.2) is 9.18 Å². The summed E-state index contributed by atoms with van der Waals surface area (Å²) in [6.07, 6.45) is 3.39. The second-order valence-electron chi connectivity index (χ2n) is 7.57. The van der Waals surface area contributed by atoms with Crippen molar-refractivity contribution >= 4 is 6.09 Å². The first-order valence-electron chi connectivity index (χ1n) is 8.04. The molecule has 0 aliphatic carbocycles. The van der Waals surface area contributed by atoms with E-state index in [0.717, 1.165) is 12.8 Å². The summed E-state index contributed by atoms with van der Waals surface area (Å²) in [5, 5.41) is 11.0. The summed E-state index contributed by atoms with van der Waals surface area (Å²) in [4.78, 5) is 18.3. The van der Waals surface area contributed by atoms with Crippen molar-refractivity contribution in [3.8, 4) is 0 Å². The van der Waals surface area contributed by atoms with Crippen molar-refractivity contribution in [2.24, 2.45) is 0 Å². The maximum Gasteiger partial charge on any atom is 0.410 e. The Labute approximate surface area is 135 Å². The summed E-state index contributed by atoms with van der Waals surface area (Å²) in [5.41, 5.74) is -1.39. The molecular weight excluding hydrogens is 299 g/mol. The minimum atomic E-state index is -1.19. The Hall–Kier alpha value is -1.69. The van der Waals surface area contributed by atoms with Crippen LogP contribution in [0.1, 0.15) is 52.1 Å². The minimum absolute atomic E-state index is 0.0985. The van der Waals surface area contributed by atoms with Crippen molar-refractivity contribution in [1.82, 2.24) is 9.88 Å². The predicted molar refractivity (Wildman–Crippen MR) is 82.2 cm³/mol. The lowest BCUT2D eigenvalue weighted by atomic mass is 9.83. The van der Waals surface area contributed by atoms with Gasteiger partial charge in [0.15, 0.2) is 0 Å². The molecule has 3 rings (SSSR count). The van der Waals surface area contributed by atoms with Crippen LogP contribution in [0.15, 0.2) is 18.3 Å². The third-order valence-electron chi connectivity index (χ3n) is 4.57. The van der Waals surface area contributed by atoms with Crippen LogP contribution in [0.25, 0.3) is 0 Å². The Bertz CT molecular complexity index is 600.